The molecule has 0 amide bonds. The Bertz CT molecular complexity index is 179. The quantitative estimate of drug-likeness (QED) is 0.682. The largest absolute Gasteiger partial charge is 0.364 e. The number of aromatic amines is 1. The first kappa shape index (κ1) is 8.34. The second kappa shape index (κ2) is 4.19. The summed E-state index contributed by atoms with van der Waals surface area (Å²) in [6.45, 7) is 2.18. The van der Waals surface area contributed by atoms with Crippen molar-refractivity contribution in [2.24, 2.45) is 5.73 Å². The Balaban J connectivity index is 2.36. The summed E-state index contributed by atoms with van der Waals surface area (Å²) in [4.78, 5) is 3.12. The topological polar surface area (TPSA) is 41.8 Å². The van der Waals surface area contributed by atoms with Crippen LogP contribution in [0.1, 0.15) is 37.9 Å². The van der Waals surface area contributed by atoms with Gasteiger partial charge in [-0.05, 0) is 18.6 Å². The lowest BCUT2D eigenvalue weighted by Gasteiger charge is -2.07. The fourth-order valence-electron chi connectivity index (χ4n) is 1.15. The van der Waals surface area contributed by atoms with Gasteiger partial charge in [0.15, 0.2) is 0 Å². The van der Waals surface area contributed by atoms with E-state index in [1.54, 1.807) is 0 Å². The lowest BCUT2D eigenvalue weighted by Crippen LogP contribution is -2.09. The summed E-state index contributed by atoms with van der Waals surface area (Å²) in [5.74, 6) is 0. The molecule has 1 unspecified atom stereocenters. The third kappa shape index (κ3) is 2.39. The van der Waals surface area contributed by atoms with Gasteiger partial charge in [0.25, 0.3) is 0 Å². The Kier molecular flexibility index (Phi) is 3.17. The molecule has 0 aliphatic rings. The van der Waals surface area contributed by atoms with Crippen LogP contribution >= 0.6 is 0 Å². The van der Waals surface area contributed by atoms with Gasteiger partial charge in [-0.1, -0.05) is 19.8 Å². The van der Waals surface area contributed by atoms with Gasteiger partial charge >= 0.3 is 0 Å². The van der Waals surface area contributed by atoms with Gasteiger partial charge in [-0.2, -0.15) is 0 Å². The molecule has 0 aromatic carbocycles. The molecule has 0 radical (unpaired) electrons. The van der Waals surface area contributed by atoms with Gasteiger partial charge in [0.2, 0.25) is 0 Å². The predicted octanol–water partition coefficient (Wildman–Crippen LogP) is 2.20. The number of nitrogens with one attached hydrogen (secondary N) is 1. The molecule has 0 bridgehead atoms. The summed E-state index contributed by atoms with van der Waals surface area (Å²) < 4.78 is 0. The number of H-pyrrole nitrogens is 1. The Hall–Kier alpha value is -0.760. The molecule has 0 saturated carbocycles. The monoisotopic (exact) mass is 152 g/mol. The third-order valence-corrected chi connectivity index (χ3v) is 1.89. The lowest BCUT2D eigenvalue weighted by molar-refractivity contribution is 0.593. The molecular formula is C9H16N2. The summed E-state index contributed by atoms with van der Waals surface area (Å²) in [6.07, 6.45) is 5.42. The van der Waals surface area contributed by atoms with Crippen LogP contribution in [-0.2, 0) is 0 Å². The summed E-state index contributed by atoms with van der Waals surface area (Å²) in [6, 6.07) is 4.23. The van der Waals surface area contributed by atoms with E-state index >= 15 is 0 Å². The van der Waals surface area contributed by atoms with Crippen LogP contribution in [0, 0.1) is 0 Å². The van der Waals surface area contributed by atoms with Gasteiger partial charge in [-0.3, -0.25) is 0 Å². The molecule has 1 aromatic heterocycles. The highest BCUT2D eigenvalue weighted by atomic mass is 14.8. The minimum Gasteiger partial charge on any atom is -0.364 e. The molecule has 0 aliphatic carbocycles. The zero-order chi connectivity index (χ0) is 8.10. The number of unbranched alkanes of at least 4 members (excludes halogenated alkanes) is 1. The average molecular weight is 152 g/mol. The van der Waals surface area contributed by atoms with Crippen molar-refractivity contribution in [3.8, 4) is 0 Å². The minimum absolute atomic E-state index is 0.199. The molecule has 0 spiro atoms. The maximum atomic E-state index is 5.89. The van der Waals surface area contributed by atoms with Crippen LogP contribution in [0.5, 0.6) is 0 Å². The van der Waals surface area contributed by atoms with Crippen LogP contribution < -0.4 is 5.73 Å². The standard InChI is InChI=1S/C9H16N2/c1-2-3-5-8(10)9-6-4-7-11-9/h4,6-8,11H,2-3,5,10H2,1H3. The molecule has 1 heterocycles. The van der Waals surface area contributed by atoms with Crippen molar-refractivity contribution in [2.75, 3.05) is 0 Å². The fraction of sp³-hybridized carbons (Fsp3) is 0.556. The Morgan fingerprint density at radius 2 is 2.45 bits per heavy atom. The number of hydrogen-bond donors (Lipinski definition) is 2. The van der Waals surface area contributed by atoms with Crippen LogP contribution in [-0.4, -0.2) is 4.98 Å². The van der Waals surface area contributed by atoms with Crippen molar-refractivity contribution in [1.82, 2.24) is 4.98 Å². The molecule has 1 rings (SSSR count). The molecule has 11 heavy (non-hydrogen) atoms. The number of aromatic nitrogens is 1. The molecule has 2 heteroatoms. The van der Waals surface area contributed by atoms with Crippen molar-refractivity contribution in [3.63, 3.8) is 0 Å². The summed E-state index contributed by atoms with van der Waals surface area (Å²) in [7, 11) is 0. The normalized spacial score (nSPS) is 13.3. The van der Waals surface area contributed by atoms with Crippen LogP contribution in [0.2, 0.25) is 0 Å². The molecule has 1 aromatic rings. The van der Waals surface area contributed by atoms with Crippen LogP contribution in [0.3, 0.4) is 0 Å². The highest BCUT2D eigenvalue weighted by Gasteiger charge is 2.03. The maximum Gasteiger partial charge on any atom is 0.0447 e. The van der Waals surface area contributed by atoms with E-state index < -0.39 is 0 Å². The molecule has 0 saturated heterocycles. The van der Waals surface area contributed by atoms with Crippen molar-refractivity contribution >= 4 is 0 Å². The first-order chi connectivity index (χ1) is 5.34. The molecule has 3 N–H and O–H groups in total. The zero-order valence-electron chi connectivity index (χ0n) is 7.01. The van der Waals surface area contributed by atoms with Gasteiger partial charge in [0.1, 0.15) is 0 Å². The SMILES string of the molecule is CCCCC(N)c1ccc[nH]1. The summed E-state index contributed by atoms with van der Waals surface area (Å²) >= 11 is 0. The first-order valence-corrected chi connectivity index (χ1v) is 4.23. The molecule has 0 aliphatic heterocycles. The van der Waals surface area contributed by atoms with Crippen molar-refractivity contribution in [3.05, 3.63) is 24.0 Å². The van der Waals surface area contributed by atoms with Crippen LogP contribution in [0.4, 0.5) is 0 Å². The highest BCUT2D eigenvalue weighted by molar-refractivity contribution is 5.07. The number of hydrogen-bond acceptors (Lipinski definition) is 1. The van der Waals surface area contributed by atoms with E-state index in [2.05, 4.69) is 11.9 Å². The van der Waals surface area contributed by atoms with E-state index in [9.17, 15) is 0 Å². The minimum atomic E-state index is 0.199. The predicted molar refractivity (Wildman–Crippen MR) is 47.2 cm³/mol. The lowest BCUT2D eigenvalue weighted by atomic mass is 10.1. The Labute approximate surface area is 67.8 Å². The number of nitrogens with two attached hydrogens (primary N) is 1. The first-order valence-electron chi connectivity index (χ1n) is 4.23. The number of rotatable bonds is 4. The zero-order valence-corrected chi connectivity index (χ0v) is 7.01. The van der Waals surface area contributed by atoms with Gasteiger partial charge in [-0.25, -0.2) is 0 Å². The van der Waals surface area contributed by atoms with E-state index in [0.717, 1.165) is 12.1 Å². The van der Waals surface area contributed by atoms with E-state index in [-0.39, 0.29) is 6.04 Å². The van der Waals surface area contributed by atoms with E-state index in [4.69, 9.17) is 5.73 Å². The van der Waals surface area contributed by atoms with Crippen molar-refractivity contribution in [1.29, 1.82) is 0 Å². The van der Waals surface area contributed by atoms with Crippen LogP contribution in [0.15, 0.2) is 18.3 Å². The molecule has 1 atom stereocenters. The van der Waals surface area contributed by atoms with E-state index in [0.29, 0.717) is 0 Å². The second-order valence-electron chi connectivity index (χ2n) is 2.87. The summed E-state index contributed by atoms with van der Waals surface area (Å²) in [5, 5.41) is 0. The Morgan fingerprint density at radius 1 is 1.64 bits per heavy atom. The van der Waals surface area contributed by atoms with Crippen molar-refractivity contribution in [2.45, 2.75) is 32.2 Å². The average Bonchev–Trinajstić information content (AvgIpc) is 2.52. The molecular weight excluding hydrogens is 136 g/mol. The summed E-state index contributed by atoms with van der Waals surface area (Å²) in [5.41, 5.74) is 7.05. The van der Waals surface area contributed by atoms with Gasteiger partial charge in [0.05, 0.1) is 0 Å². The molecule has 0 fully saturated rings. The fourth-order valence-corrected chi connectivity index (χ4v) is 1.15. The smallest absolute Gasteiger partial charge is 0.0447 e. The highest BCUT2D eigenvalue weighted by Crippen LogP contribution is 2.13. The Morgan fingerprint density at radius 3 is 3.00 bits per heavy atom. The third-order valence-electron chi connectivity index (χ3n) is 1.89. The van der Waals surface area contributed by atoms with Crippen LogP contribution in [0.25, 0.3) is 0 Å². The molecule has 62 valence electrons. The van der Waals surface area contributed by atoms with Gasteiger partial charge in [-0.15, -0.1) is 0 Å². The maximum absolute atomic E-state index is 5.89. The second-order valence-corrected chi connectivity index (χ2v) is 2.87. The van der Waals surface area contributed by atoms with E-state index in [1.807, 2.05) is 18.3 Å². The van der Waals surface area contributed by atoms with Gasteiger partial charge < -0.3 is 10.7 Å². The van der Waals surface area contributed by atoms with Gasteiger partial charge in [0, 0.05) is 17.9 Å². The van der Waals surface area contributed by atoms with E-state index in [1.165, 1.54) is 12.8 Å². The molecule has 2 nitrogen and oxygen atoms in total. The van der Waals surface area contributed by atoms with Crippen molar-refractivity contribution < 1.29 is 0 Å².